The Kier molecular flexibility index (Phi) is 2.25. The fourth-order valence-corrected chi connectivity index (χ4v) is 1.47. The van der Waals surface area contributed by atoms with Gasteiger partial charge < -0.3 is 10.5 Å². The Balaban J connectivity index is 2.77. The van der Waals surface area contributed by atoms with Gasteiger partial charge in [-0.1, -0.05) is 12.1 Å². The van der Waals surface area contributed by atoms with E-state index in [1.165, 1.54) is 7.11 Å². The van der Waals surface area contributed by atoms with Crippen LogP contribution in [0, 0.1) is 0 Å². The van der Waals surface area contributed by atoms with Crippen LogP contribution in [0.25, 0.3) is 10.9 Å². The highest BCUT2D eigenvalue weighted by atomic mass is 16.5. The summed E-state index contributed by atoms with van der Waals surface area (Å²) < 4.78 is 4.66. The number of para-hydroxylation sites is 1. The molecule has 0 atom stereocenters. The van der Waals surface area contributed by atoms with Crippen molar-refractivity contribution in [1.29, 1.82) is 0 Å². The van der Waals surface area contributed by atoms with Crippen LogP contribution >= 0.6 is 0 Å². The van der Waals surface area contributed by atoms with Crippen LogP contribution in [0.3, 0.4) is 0 Å². The van der Waals surface area contributed by atoms with Crippen LogP contribution in [0.15, 0.2) is 30.5 Å². The molecule has 2 rings (SSSR count). The van der Waals surface area contributed by atoms with Crippen molar-refractivity contribution in [3.05, 3.63) is 36.0 Å². The standard InChI is InChI=1S/C11H10N2O2/c1-15-11(14)8-4-2-3-7-9(12)5-6-13-10(7)8/h2-6H,1H3,(H2,12,13). The summed E-state index contributed by atoms with van der Waals surface area (Å²) in [7, 11) is 1.34. The molecular formula is C11H10N2O2. The van der Waals surface area contributed by atoms with Gasteiger partial charge in [0.05, 0.1) is 18.2 Å². The van der Waals surface area contributed by atoms with Crippen molar-refractivity contribution in [1.82, 2.24) is 4.98 Å². The number of nitrogen functional groups attached to an aromatic ring is 1. The van der Waals surface area contributed by atoms with E-state index in [4.69, 9.17) is 5.73 Å². The summed E-state index contributed by atoms with van der Waals surface area (Å²) in [5, 5.41) is 0.764. The Bertz CT molecular complexity index is 523. The number of carbonyl (C=O) groups excluding carboxylic acids is 1. The van der Waals surface area contributed by atoms with E-state index in [2.05, 4.69) is 9.72 Å². The van der Waals surface area contributed by atoms with Crippen molar-refractivity contribution in [2.24, 2.45) is 0 Å². The second-order valence-electron chi connectivity index (χ2n) is 3.09. The molecule has 2 N–H and O–H groups in total. The first kappa shape index (κ1) is 9.45. The number of benzene rings is 1. The molecule has 0 amide bonds. The number of anilines is 1. The third kappa shape index (κ3) is 1.50. The lowest BCUT2D eigenvalue weighted by atomic mass is 10.1. The van der Waals surface area contributed by atoms with Crippen molar-refractivity contribution in [2.75, 3.05) is 12.8 Å². The molecular weight excluding hydrogens is 192 g/mol. The highest BCUT2D eigenvalue weighted by Gasteiger charge is 2.11. The van der Waals surface area contributed by atoms with E-state index in [9.17, 15) is 4.79 Å². The Hall–Kier alpha value is -2.10. The third-order valence-corrected chi connectivity index (χ3v) is 2.21. The molecule has 2 aromatic rings. The van der Waals surface area contributed by atoms with Crippen LogP contribution in [-0.4, -0.2) is 18.1 Å². The monoisotopic (exact) mass is 202 g/mol. The Morgan fingerprint density at radius 3 is 2.93 bits per heavy atom. The number of aromatic nitrogens is 1. The number of fused-ring (bicyclic) bond motifs is 1. The molecule has 0 spiro atoms. The zero-order chi connectivity index (χ0) is 10.8. The lowest BCUT2D eigenvalue weighted by Crippen LogP contribution is -2.03. The van der Waals surface area contributed by atoms with Crippen molar-refractivity contribution in [3.63, 3.8) is 0 Å². The molecule has 0 unspecified atom stereocenters. The molecule has 76 valence electrons. The van der Waals surface area contributed by atoms with E-state index < -0.39 is 5.97 Å². The topological polar surface area (TPSA) is 65.2 Å². The number of esters is 1. The smallest absolute Gasteiger partial charge is 0.340 e. The predicted molar refractivity (Wildman–Crippen MR) is 57.5 cm³/mol. The van der Waals surface area contributed by atoms with Crippen LogP contribution in [0.4, 0.5) is 5.69 Å². The maximum absolute atomic E-state index is 11.4. The minimum Gasteiger partial charge on any atom is -0.465 e. The average Bonchev–Trinajstić information content (AvgIpc) is 2.28. The number of rotatable bonds is 1. The summed E-state index contributed by atoms with van der Waals surface area (Å²) in [6.45, 7) is 0. The molecule has 0 aliphatic heterocycles. The van der Waals surface area contributed by atoms with Gasteiger partial charge in [0.25, 0.3) is 0 Å². The number of nitrogens with zero attached hydrogens (tertiary/aromatic N) is 1. The molecule has 4 nitrogen and oxygen atoms in total. The Morgan fingerprint density at radius 2 is 2.20 bits per heavy atom. The highest BCUT2D eigenvalue weighted by molar-refractivity contribution is 6.05. The van der Waals surface area contributed by atoms with E-state index in [0.29, 0.717) is 16.8 Å². The molecule has 0 aliphatic carbocycles. The quantitative estimate of drug-likeness (QED) is 0.713. The van der Waals surface area contributed by atoms with Gasteiger partial charge in [-0.2, -0.15) is 0 Å². The van der Waals surface area contributed by atoms with Gasteiger partial charge >= 0.3 is 5.97 Å². The number of methoxy groups -OCH3 is 1. The molecule has 1 aromatic heterocycles. The van der Waals surface area contributed by atoms with Crippen LogP contribution in [-0.2, 0) is 4.74 Å². The summed E-state index contributed by atoms with van der Waals surface area (Å²) in [5.74, 6) is -0.404. The summed E-state index contributed by atoms with van der Waals surface area (Å²) in [6.07, 6.45) is 1.57. The molecule has 15 heavy (non-hydrogen) atoms. The summed E-state index contributed by atoms with van der Waals surface area (Å²) in [6, 6.07) is 6.95. The second-order valence-corrected chi connectivity index (χ2v) is 3.09. The largest absolute Gasteiger partial charge is 0.465 e. The molecule has 1 aromatic carbocycles. The molecule has 0 bridgehead atoms. The van der Waals surface area contributed by atoms with E-state index in [-0.39, 0.29) is 0 Å². The molecule has 0 aliphatic rings. The van der Waals surface area contributed by atoms with E-state index in [0.717, 1.165) is 5.39 Å². The highest BCUT2D eigenvalue weighted by Crippen LogP contribution is 2.21. The Labute approximate surface area is 86.7 Å². The zero-order valence-corrected chi connectivity index (χ0v) is 8.23. The number of hydrogen-bond donors (Lipinski definition) is 1. The lowest BCUT2D eigenvalue weighted by molar-refractivity contribution is 0.0603. The molecule has 0 radical (unpaired) electrons. The van der Waals surface area contributed by atoms with E-state index in [1.807, 2.05) is 6.07 Å². The summed E-state index contributed by atoms with van der Waals surface area (Å²) in [5.41, 5.74) is 7.38. The third-order valence-electron chi connectivity index (χ3n) is 2.21. The maximum Gasteiger partial charge on any atom is 0.340 e. The van der Waals surface area contributed by atoms with Gasteiger partial charge in [0.1, 0.15) is 0 Å². The van der Waals surface area contributed by atoms with Crippen LogP contribution in [0.2, 0.25) is 0 Å². The SMILES string of the molecule is COC(=O)c1cccc2c(N)ccnc12. The van der Waals surface area contributed by atoms with Crippen LogP contribution < -0.4 is 5.73 Å². The fraction of sp³-hybridized carbons (Fsp3) is 0.0909. The van der Waals surface area contributed by atoms with Crippen molar-refractivity contribution >= 4 is 22.6 Å². The molecule has 4 heteroatoms. The minimum absolute atomic E-state index is 0.404. The number of carbonyl (C=O) groups is 1. The second kappa shape index (κ2) is 3.57. The summed E-state index contributed by atoms with van der Waals surface area (Å²) in [4.78, 5) is 15.6. The van der Waals surface area contributed by atoms with Gasteiger partial charge in [-0.3, -0.25) is 4.98 Å². The number of pyridine rings is 1. The first-order chi connectivity index (χ1) is 7.24. The normalized spacial score (nSPS) is 10.2. The molecule has 0 saturated carbocycles. The van der Waals surface area contributed by atoms with Gasteiger partial charge in [0, 0.05) is 17.3 Å². The van der Waals surface area contributed by atoms with Gasteiger partial charge in [-0.05, 0) is 12.1 Å². The van der Waals surface area contributed by atoms with E-state index >= 15 is 0 Å². The van der Waals surface area contributed by atoms with Gasteiger partial charge in [0.15, 0.2) is 0 Å². The molecule has 0 saturated heterocycles. The molecule has 0 fully saturated rings. The average molecular weight is 202 g/mol. The van der Waals surface area contributed by atoms with Crippen molar-refractivity contribution in [2.45, 2.75) is 0 Å². The summed E-state index contributed by atoms with van der Waals surface area (Å²) >= 11 is 0. The predicted octanol–water partition coefficient (Wildman–Crippen LogP) is 1.60. The maximum atomic E-state index is 11.4. The fourth-order valence-electron chi connectivity index (χ4n) is 1.47. The number of nitrogens with two attached hydrogens (primary N) is 1. The number of ether oxygens (including phenoxy) is 1. The van der Waals surface area contributed by atoms with Crippen molar-refractivity contribution in [3.8, 4) is 0 Å². The lowest BCUT2D eigenvalue weighted by Gasteiger charge is -2.05. The first-order valence-electron chi connectivity index (χ1n) is 4.45. The van der Waals surface area contributed by atoms with Gasteiger partial charge in [-0.15, -0.1) is 0 Å². The van der Waals surface area contributed by atoms with E-state index in [1.54, 1.807) is 24.4 Å². The number of hydrogen-bond acceptors (Lipinski definition) is 4. The Morgan fingerprint density at radius 1 is 1.40 bits per heavy atom. The van der Waals surface area contributed by atoms with Gasteiger partial charge in [0.2, 0.25) is 0 Å². The molecule has 1 heterocycles. The van der Waals surface area contributed by atoms with Gasteiger partial charge in [-0.25, -0.2) is 4.79 Å². The first-order valence-corrected chi connectivity index (χ1v) is 4.45. The minimum atomic E-state index is -0.404. The zero-order valence-electron chi connectivity index (χ0n) is 8.23. The van der Waals surface area contributed by atoms with Crippen LogP contribution in [0.1, 0.15) is 10.4 Å². The van der Waals surface area contributed by atoms with Crippen LogP contribution in [0.5, 0.6) is 0 Å². The van der Waals surface area contributed by atoms with Crippen molar-refractivity contribution < 1.29 is 9.53 Å².